The highest BCUT2D eigenvalue weighted by Crippen LogP contribution is 2.41. The molecule has 0 bridgehead atoms. The van der Waals surface area contributed by atoms with Crippen LogP contribution in [0.5, 0.6) is 0 Å². The number of hydrogen-bond donors (Lipinski definition) is 2. The number of benzene rings is 2. The summed E-state index contributed by atoms with van der Waals surface area (Å²) in [7, 11) is 0. The van der Waals surface area contributed by atoms with Gasteiger partial charge in [0.1, 0.15) is 5.82 Å². The molecule has 1 aromatic heterocycles. The van der Waals surface area contributed by atoms with Crippen molar-refractivity contribution in [2.45, 2.75) is 37.5 Å². The molecule has 2 aromatic carbocycles. The van der Waals surface area contributed by atoms with E-state index in [1.807, 2.05) is 42.5 Å². The first-order valence-corrected chi connectivity index (χ1v) is 11.6. The fourth-order valence-corrected chi connectivity index (χ4v) is 3.58. The summed E-state index contributed by atoms with van der Waals surface area (Å²) in [5, 5.41) is 0. The maximum absolute atomic E-state index is 4.61. The predicted molar refractivity (Wildman–Crippen MR) is 142 cm³/mol. The second kappa shape index (κ2) is 13.9. The summed E-state index contributed by atoms with van der Waals surface area (Å²) in [6.45, 7) is 11.3. The van der Waals surface area contributed by atoms with Gasteiger partial charge in [0.25, 0.3) is 0 Å². The number of aromatic nitrogens is 1. The van der Waals surface area contributed by atoms with Crippen molar-refractivity contribution in [2.24, 2.45) is 5.73 Å². The maximum Gasteiger partial charge on any atom is 0.136 e. The standard InChI is InChI=1S/C15H18.C11H10N2S.C2H5N/c1-4-11(3)15-10-14(13-7-8-13)9-6-12(15)5-2;1-2-6-10(7-3-1)14-13-11-8-4-5-9-12-11;1-2-3/h4-6,9-10,13H,2,7-8H2,1,3H3;1-9H,(H,12,13);2H,1,3H2/b11-4-;;. The van der Waals surface area contributed by atoms with Crippen molar-refractivity contribution >= 4 is 29.4 Å². The molecule has 1 heterocycles. The summed E-state index contributed by atoms with van der Waals surface area (Å²) in [4.78, 5) is 5.34. The average molecular weight is 444 g/mol. The number of nitrogens with one attached hydrogen (secondary N) is 1. The second-order valence-electron chi connectivity index (χ2n) is 7.26. The van der Waals surface area contributed by atoms with Gasteiger partial charge in [0, 0.05) is 11.1 Å². The molecule has 32 heavy (non-hydrogen) atoms. The molecule has 3 aromatic rings. The molecule has 0 amide bonds. The molecule has 1 saturated carbocycles. The SMILES string of the molecule is C=CN.C=Cc1ccc(C2CC2)cc1/C(C)=C\C.c1ccc(SNc2ccccn2)cc1. The van der Waals surface area contributed by atoms with Crippen molar-refractivity contribution in [1.29, 1.82) is 0 Å². The van der Waals surface area contributed by atoms with Gasteiger partial charge in [-0.2, -0.15) is 0 Å². The molecular formula is C28H33N3S. The highest BCUT2D eigenvalue weighted by Gasteiger charge is 2.23. The lowest BCUT2D eigenvalue weighted by Crippen LogP contribution is -1.89. The lowest BCUT2D eigenvalue weighted by molar-refractivity contribution is 1.13. The van der Waals surface area contributed by atoms with E-state index in [9.17, 15) is 0 Å². The summed E-state index contributed by atoms with van der Waals surface area (Å²) in [6.07, 6.45) is 9.86. The molecule has 1 aliphatic rings. The lowest BCUT2D eigenvalue weighted by atomic mass is 9.96. The van der Waals surface area contributed by atoms with E-state index in [-0.39, 0.29) is 0 Å². The van der Waals surface area contributed by atoms with Gasteiger partial charge in [0.05, 0.1) is 0 Å². The van der Waals surface area contributed by atoms with E-state index < -0.39 is 0 Å². The molecule has 3 N–H and O–H groups in total. The fourth-order valence-electron chi connectivity index (χ4n) is 2.94. The number of rotatable bonds is 6. The number of anilines is 1. The Morgan fingerprint density at radius 2 is 1.75 bits per heavy atom. The van der Waals surface area contributed by atoms with Crippen molar-refractivity contribution in [2.75, 3.05) is 4.72 Å². The maximum atomic E-state index is 4.61. The topological polar surface area (TPSA) is 50.9 Å². The predicted octanol–water partition coefficient (Wildman–Crippen LogP) is 7.92. The third-order valence-electron chi connectivity index (χ3n) is 4.89. The highest BCUT2D eigenvalue weighted by atomic mass is 32.2. The van der Waals surface area contributed by atoms with E-state index in [1.165, 1.54) is 46.2 Å². The van der Waals surface area contributed by atoms with Crippen molar-refractivity contribution in [3.8, 4) is 0 Å². The molecule has 0 saturated heterocycles. The molecule has 1 fully saturated rings. The molecule has 0 unspecified atom stereocenters. The Balaban J connectivity index is 0.000000203. The molecule has 0 radical (unpaired) electrons. The van der Waals surface area contributed by atoms with Gasteiger partial charge in [-0.05, 0) is 97.3 Å². The molecule has 1 aliphatic carbocycles. The van der Waals surface area contributed by atoms with Gasteiger partial charge < -0.3 is 10.5 Å². The van der Waals surface area contributed by atoms with Gasteiger partial charge in [-0.1, -0.05) is 67.8 Å². The Labute approximate surface area is 197 Å². The van der Waals surface area contributed by atoms with Crippen LogP contribution in [-0.2, 0) is 0 Å². The highest BCUT2D eigenvalue weighted by molar-refractivity contribution is 8.00. The Kier molecular flexibility index (Phi) is 10.9. The largest absolute Gasteiger partial charge is 0.405 e. The quantitative estimate of drug-likeness (QED) is 0.380. The van der Waals surface area contributed by atoms with Crippen LogP contribution in [-0.4, -0.2) is 4.98 Å². The third kappa shape index (κ3) is 8.48. The Hall–Kier alpha value is -3.24. The van der Waals surface area contributed by atoms with Crippen molar-refractivity contribution in [3.05, 3.63) is 115 Å². The Morgan fingerprint density at radius 3 is 2.31 bits per heavy atom. The number of nitrogens with two attached hydrogens (primary N) is 1. The van der Waals surface area contributed by atoms with Crippen molar-refractivity contribution < 1.29 is 0 Å². The van der Waals surface area contributed by atoms with E-state index in [0.717, 1.165) is 11.7 Å². The minimum atomic E-state index is 0.826. The first-order valence-electron chi connectivity index (χ1n) is 10.7. The Morgan fingerprint density at radius 1 is 1.06 bits per heavy atom. The number of allylic oxidation sites excluding steroid dienone is 2. The molecule has 0 atom stereocenters. The second-order valence-corrected chi connectivity index (χ2v) is 8.14. The van der Waals surface area contributed by atoms with Gasteiger partial charge in [-0.25, -0.2) is 4.98 Å². The first kappa shape index (κ1) is 25.0. The zero-order chi connectivity index (χ0) is 23.2. The summed E-state index contributed by atoms with van der Waals surface area (Å²) in [6, 6.07) is 22.7. The van der Waals surface area contributed by atoms with E-state index in [1.54, 1.807) is 18.1 Å². The van der Waals surface area contributed by atoms with Gasteiger partial charge in [-0.15, -0.1) is 0 Å². The van der Waals surface area contributed by atoms with Gasteiger partial charge in [0.15, 0.2) is 0 Å². The molecule has 4 rings (SSSR count). The van der Waals surface area contributed by atoms with Gasteiger partial charge in [0.2, 0.25) is 0 Å². The van der Waals surface area contributed by atoms with Crippen LogP contribution in [0, 0.1) is 0 Å². The van der Waals surface area contributed by atoms with E-state index in [2.05, 4.69) is 78.9 Å². The van der Waals surface area contributed by atoms with E-state index >= 15 is 0 Å². The molecule has 4 heteroatoms. The van der Waals surface area contributed by atoms with Crippen molar-refractivity contribution in [1.82, 2.24) is 4.98 Å². The monoisotopic (exact) mass is 443 g/mol. The van der Waals surface area contributed by atoms with Crippen molar-refractivity contribution in [3.63, 3.8) is 0 Å². The molecule has 0 aliphatic heterocycles. The summed E-state index contributed by atoms with van der Waals surface area (Å²) in [5.74, 6) is 1.70. The van der Waals surface area contributed by atoms with Crippen LogP contribution >= 0.6 is 11.9 Å². The van der Waals surface area contributed by atoms with Crippen LogP contribution < -0.4 is 10.5 Å². The van der Waals surface area contributed by atoms with E-state index in [4.69, 9.17) is 0 Å². The number of nitrogens with zero attached hydrogens (tertiary/aromatic N) is 1. The molecule has 3 nitrogen and oxygen atoms in total. The zero-order valence-corrected chi connectivity index (χ0v) is 19.8. The molecule has 0 spiro atoms. The minimum Gasteiger partial charge on any atom is -0.405 e. The lowest BCUT2D eigenvalue weighted by Gasteiger charge is -2.09. The van der Waals surface area contributed by atoms with Crippen LogP contribution in [0.2, 0.25) is 0 Å². The number of pyridine rings is 1. The smallest absolute Gasteiger partial charge is 0.136 e. The summed E-state index contributed by atoms with van der Waals surface area (Å²) < 4.78 is 3.17. The Bertz CT molecular complexity index is 954. The summed E-state index contributed by atoms with van der Waals surface area (Å²) in [5.41, 5.74) is 10.0. The van der Waals surface area contributed by atoms with Crippen LogP contribution in [0.4, 0.5) is 5.82 Å². The van der Waals surface area contributed by atoms with E-state index in [0.29, 0.717) is 0 Å². The van der Waals surface area contributed by atoms with Gasteiger partial charge >= 0.3 is 0 Å². The molecular weight excluding hydrogens is 410 g/mol. The summed E-state index contributed by atoms with van der Waals surface area (Å²) >= 11 is 1.56. The van der Waals surface area contributed by atoms with Crippen LogP contribution in [0.1, 0.15) is 49.3 Å². The third-order valence-corrected chi connectivity index (χ3v) is 5.70. The van der Waals surface area contributed by atoms with Crippen LogP contribution in [0.15, 0.2) is 103 Å². The first-order chi connectivity index (χ1) is 15.6. The minimum absolute atomic E-state index is 0.826. The number of hydrogen-bond acceptors (Lipinski definition) is 4. The van der Waals surface area contributed by atoms with Crippen LogP contribution in [0.25, 0.3) is 11.6 Å². The normalized spacial score (nSPS) is 12.4. The zero-order valence-electron chi connectivity index (χ0n) is 19.0. The molecule has 166 valence electrons. The average Bonchev–Trinajstić information content (AvgIpc) is 3.70. The fraction of sp³-hybridized carbons (Fsp3) is 0.179. The van der Waals surface area contributed by atoms with Gasteiger partial charge in [-0.3, -0.25) is 0 Å². The van der Waals surface area contributed by atoms with Crippen LogP contribution in [0.3, 0.4) is 0 Å².